The predicted molar refractivity (Wildman–Crippen MR) is 136 cm³/mol. The number of carbonyl (C=O) groups excluding carboxylic acids is 2. The summed E-state index contributed by atoms with van der Waals surface area (Å²) in [5, 5.41) is 16.3. The fourth-order valence-electron chi connectivity index (χ4n) is 3.24. The molecular formula is C24H22FN5O4S2. The molecule has 2 heterocycles. The van der Waals surface area contributed by atoms with Crippen molar-refractivity contribution in [2.75, 3.05) is 25.3 Å². The molecule has 0 bridgehead atoms. The molecule has 2 aromatic carbocycles. The quantitative estimate of drug-likeness (QED) is 0.299. The SMILES string of the molecule is COc1ccc(OC)c(-n2c(CNC(=O)c3cccs3)nnc2SCC(=O)Nc2ccc(F)cc2)c1. The molecule has 0 unspecified atom stereocenters. The molecule has 2 N–H and O–H groups in total. The Labute approximate surface area is 214 Å². The van der Waals surface area contributed by atoms with E-state index in [4.69, 9.17) is 9.47 Å². The monoisotopic (exact) mass is 527 g/mol. The van der Waals surface area contributed by atoms with Crippen molar-refractivity contribution in [1.82, 2.24) is 20.1 Å². The van der Waals surface area contributed by atoms with Crippen LogP contribution in [0.1, 0.15) is 15.5 Å². The van der Waals surface area contributed by atoms with E-state index >= 15 is 0 Å². The topological polar surface area (TPSA) is 107 Å². The molecule has 4 aromatic rings. The highest BCUT2D eigenvalue weighted by Gasteiger charge is 2.20. The minimum atomic E-state index is -0.388. The molecular weight excluding hydrogens is 505 g/mol. The second kappa shape index (κ2) is 11.7. The average Bonchev–Trinajstić information content (AvgIpc) is 3.57. The minimum Gasteiger partial charge on any atom is -0.497 e. The lowest BCUT2D eigenvalue weighted by Gasteiger charge is -2.15. The molecule has 2 amide bonds. The molecule has 186 valence electrons. The van der Waals surface area contributed by atoms with Gasteiger partial charge in [-0.15, -0.1) is 21.5 Å². The number of hydrogen-bond acceptors (Lipinski definition) is 8. The Bertz CT molecular complexity index is 1340. The molecule has 2 aromatic heterocycles. The Balaban J connectivity index is 1.58. The van der Waals surface area contributed by atoms with Crippen LogP contribution in [-0.2, 0) is 11.3 Å². The summed E-state index contributed by atoms with van der Waals surface area (Å²) in [6.45, 7) is 0.0897. The van der Waals surface area contributed by atoms with E-state index in [2.05, 4.69) is 20.8 Å². The van der Waals surface area contributed by atoms with Gasteiger partial charge in [0.15, 0.2) is 11.0 Å². The van der Waals surface area contributed by atoms with Crippen LogP contribution in [0.5, 0.6) is 11.5 Å². The summed E-state index contributed by atoms with van der Waals surface area (Å²) >= 11 is 2.49. The van der Waals surface area contributed by atoms with Crippen molar-refractivity contribution in [2.24, 2.45) is 0 Å². The van der Waals surface area contributed by atoms with Crippen molar-refractivity contribution >= 4 is 40.6 Å². The maximum absolute atomic E-state index is 13.1. The van der Waals surface area contributed by atoms with Crippen molar-refractivity contribution in [1.29, 1.82) is 0 Å². The highest BCUT2D eigenvalue weighted by Crippen LogP contribution is 2.32. The van der Waals surface area contributed by atoms with E-state index in [1.165, 1.54) is 42.7 Å². The van der Waals surface area contributed by atoms with Crippen LogP contribution in [0.3, 0.4) is 0 Å². The van der Waals surface area contributed by atoms with E-state index in [9.17, 15) is 14.0 Å². The van der Waals surface area contributed by atoms with E-state index in [0.29, 0.717) is 38.7 Å². The Morgan fingerprint density at radius 2 is 1.89 bits per heavy atom. The number of rotatable bonds is 10. The van der Waals surface area contributed by atoms with Crippen molar-refractivity contribution in [3.05, 3.63) is 76.5 Å². The third-order valence-corrected chi connectivity index (χ3v) is 6.74. The number of thiophene rings is 1. The molecule has 0 saturated carbocycles. The van der Waals surface area contributed by atoms with Gasteiger partial charge in [-0.2, -0.15) is 0 Å². The normalized spacial score (nSPS) is 10.6. The van der Waals surface area contributed by atoms with Gasteiger partial charge < -0.3 is 20.1 Å². The fraction of sp³-hybridized carbons (Fsp3) is 0.167. The fourth-order valence-corrected chi connectivity index (χ4v) is 4.64. The lowest BCUT2D eigenvalue weighted by Crippen LogP contribution is -2.24. The molecule has 36 heavy (non-hydrogen) atoms. The lowest BCUT2D eigenvalue weighted by molar-refractivity contribution is -0.113. The number of amides is 2. The smallest absolute Gasteiger partial charge is 0.261 e. The molecule has 0 saturated heterocycles. The molecule has 0 spiro atoms. The first-order chi connectivity index (χ1) is 17.5. The predicted octanol–water partition coefficient (Wildman–Crippen LogP) is 4.15. The highest BCUT2D eigenvalue weighted by atomic mass is 32.2. The molecule has 0 fully saturated rings. The molecule has 0 atom stereocenters. The highest BCUT2D eigenvalue weighted by molar-refractivity contribution is 7.99. The number of thioether (sulfide) groups is 1. The second-order valence-corrected chi connectivity index (χ2v) is 9.17. The van der Waals surface area contributed by atoms with Crippen LogP contribution in [0.2, 0.25) is 0 Å². The van der Waals surface area contributed by atoms with E-state index in [1.54, 1.807) is 42.0 Å². The first-order valence-corrected chi connectivity index (χ1v) is 12.5. The standard InChI is InChI=1S/C24H22FN5O4S2/c1-33-17-9-10-19(34-2)18(12-17)30-21(13-26-23(32)20-4-3-11-35-20)28-29-24(30)36-14-22(31)27-16-7-5-15(25)6-8-16/h3-12H,13-14H2,1-2H3,(H,26,32)(H,27,31). The summed E-state index contributed by atoms with van der Waals surface area (Å²) < 4.78 is 25.8. The summed E-state index contributed by atoms with van der Waals surface area (Å²) in [6.07, 6.45) is 0. The van der Waals surface area contributed by atoms with Crippen LogP contribution >= 0.6 is 23.1 Å². The lowest BCUT2D eigenvalue weighted by atomic mass is 10.2. The van der Waals surface area contributed by atoms with Crippen LogP contribution in [0.25, 0.3) is 5.69 Å². The Kier molecular flexibility index (Phi) is 8.18. The number of benzene rings is 2. The van der Waals surface area contributed by atoms with Gasteiger partial charge >= 0.3 is 0 Å². The van der Waals surface area contributed by atoms with Gasteiger partial charge in [0.1, 0.15) is 17.3 Å². The molecule has 9 nitrogen and oxygen atoms in total. The summed E-state index contributed by atoms with van der Waals surface area (Å²) in [6, 6.07) is 14.3. The zero-order valence-corrected chi connectivity index (χ0v) is 21.0. The van der Waals surface area contributed by atoms with E-state index in [0.717, 1.165) is 11.8 Å². The third-order valence-electron chi connectivity index (χ3n) is 4.94. The van der Waals surface area contributed by atoms with Gasteiger partial charge in [0.05, 0.1) is 37.1 Å². The van der Waals surface area contributed by atoms with E-state index < -0.39 is 0 Å². The maximum Gasteiger partial charge on any atom is 0.261 e. The van der Waals surface area contributed by atoms with E-state index in [1.807, 2.05) is 5.38 Å². The summed E-state index contributed by atoms with van der Waals surface area (Å²) in [5.74, 6) is 0.645. The summed E-state index contributed by atoms with van der Waals surface area (Å²) in [5.41, 5.74) is 1.07. The van der Waals surface area contributed by atoms with Gasteiger partial charge in [-0.3, -0.25) is 14.2 Å². The first kappa shape index (κ1) is 25.2. The molecule has 0 aliphatic heterocycles. The number of methoxy groups -OCH3 is 2. The summed E-state index contributed by atoms with van der Waals surface area (Å²) in [7, 11) is 3.09. The third kappa shape index (κ3) is 6.01. The molecule has 0 aliphatic carbocycles. The number of anilines is 1. The van der Waals surface area contributed by atoms with Gasteiger partial charge in [-0.05, 0) is 47.8 Å². The van der Waals surface area contributed by atoms with Crippen LogP contribution in [0.15, 0.2) is 65.1 Å². The maximum atomic E-state index is 13.1. The first-order valence-electron chi connectivity index (χ1n) is 10.6. The Morgan fingerprint density at radius 1 is 1.08 bits per heavy atom. The van der Waals surface area contributed by atoms with E-state index in [-0.39, 0.29) is 29.9 Å². The van der Waals surface area contributed by atoms with Gasteiger partial charge in [0, 0.05) is 11.8 Å². The number of ether oxygens (including phenoxy) is 2. The number of hydrogen-bond donors (Lipinski definition) is 2. The van der Waals surface area contributed by atoms with Crippen molar-refractivity contribution in [3.63, 3.8) is 0 Å². The number of nitrogens with one attached hydrogen (secondary N) is 2. The van der Waals surface area contributed by atoms with Crippen LogP contribution < -0.4 is 20.1 Å². The number of carbonyl (C=O) groups is 2. The van der Waals surface area contributed by atoms with Crippen LogP contribution in [-0.4, -0.2) is 46.6 Å². The largest absolute Gasteiger partial charge is 0.497 e. The zero-order chi connectivity index (χ0) is 25.5. The molecule has 0 aliphatic rings. The number of aromatic nitrogens is 3. The van der Waals surface area contributed by atoms with Crippen molar-refractivity contribution < 1.29 is 23.5 Å². The number of halogens is 1. The average molecular weight is 528 g/mol. The van der Waals surface area contributed by atoms with Gasteiger partial charge in [0.2, 0.25) is 5.91 Å². The van der Waals surface area contributed by atoms with Crippen molar-refractivity contribution in [2.45, 2.75) is 11.7 Å². The Morgan fingerprint density at radius 3 is 2.58 bits per heavy atom. The van der Waals surface area contributed by atoms with Gasteiger partial charge in [-0.1, -0.05) is 17.8 Å². The minimum absolute atomic E-state index is 0.0172. The van der Waals surface area contributed by atoms with Crippen LogP contribution in [0, 0.1) is 5.82 Å². The number of nitrogens with zero attached hydrogens (tertiary/aromatic N) is 3. The van der Waals surface area contributed by atoms with Crippen LogP contribution in [0.4, 0.5) is 10.1 Å². The summed E-state index contributed by atoms with van der Waals surface area (Å²) in [4.78, 5) is 25.6. The molecule has 4 rings (SSSR count). The van der Waals surface area contributed by atoms with Gasteiger partial charge in [0.25, 0.3) is 5.91 Å². The van der Waals surface area contributed by atoms with Gasteiger partial charge in [-0.25, -0.2) is 4.39 Å². The zero-order valence-electron chi connectivity index (χ0n) is 19.4. The van der Waals surface area contributed by atoms with Crippen molar-refractivity contribution in [3.8, 4) is 17.2 Å². The molecule has 0 radical (unpaired) electrons. The second-order valence-electron chi connectivity index (χ2n) is 7.28. The molecule has 12 heteroatoms. The Hall–Kier alpha value is -3.90.